The molecule has 2 atom stereocenters. The maximum Gasteiger partial charge on any atom is 0.147 e. The zero-order valence-electron chi connectivity index (χ0n) is 13.7. The van der Waals surface area contributed by atoms with Crippen LogP contribution in [0.25, 0.3) is 10.9 Å². The van der Waals surface area contributed by atoms with Crippen molar-refractivity contribution in [2.45, 2.75) is 19.1 Å². The molecule has 0 fully saturated rings. The molecule has 0 spiro atoms. The summed E-state index contributed by atoms with van der Waals surface area (Å²) in [5, 5.41) is 14.5. The first-order valence-corrected chi connectivity index (χ1v) is 7.76. The quantitative estimate of drug-likeness (QED) is 0.738. The maximum absolute atomic E-state index is 14.5. The molecule has 128 valence electrons. The Bertz CT molecular complexity index is 804. The van der Waals surface area contributed by atoms with Gasteiger partial charge >= 0.3 is 0 Å². The molecule has 2 aromatic carbocycles. The summed E-state index contributed by atoms with van der Waals surface area (Å²) in [6.45, 7) is 2.39. The van der Waals surface area contributed by atoms with E-state index < -0.39 is 6.10 Å². The lowest BCUT2D eigenvalue weighted by Gasteiger charge is -2.26. The largest absolute Gasteiger partial charge is 0.389 e. The van der Waals surface area contributed by atoms with Gasteiger partial charge in [0.1, 0.15) is 5.82 Å². The Balaban J connectivity index is 0.00000208. The molecule has 0 aliphatic carbocycles. The number of nitrogens with zero attached hydrogens (tertiary/aromatic N) is 1. The summed E-state index contributed by atoms with van der Waals surface area (Å²) in [7, 11) is 1.80. The van der Waals surface area contributed by atoms with Crippen molar-refractivity contribution in [3.8, 4) is 0 Å². The standard InChI is InChI=1S/C19H21FN2O.ClH/c1-13-12-22(19-15(13)9-6-10-16(19)20)18(17(23)11-21-2)14-7-4-3-5-8-14;/h3-10,12,17-18,21,23H,11H2,1-2H3;1H/t17-,18+;/m1./s1. The Morgan fingerprint density at radius 2 is 1.83 bits per heavy atom. The number of aliphatic hydroxyl groups is 1. The van der Waals surface area contributed by atoms with Gasteiger partial charge in [0.25, 0.3) is 0 Å². The van der Waals surface area contributed by atoms with Crippen molar-refractivity contribution in [2.75, 3.05) is 13.6 Å². The number of nitrogens with one attached hydrogen (secondary N) is 1. The number of rotatable bonds is 5. The molecule has 0 saturated carbocycles. The first-order valence-electron chi connectivity index (χ1n) is 7.76. The van der Waals surface area contributed by atoms with E-state index in [4.69, 9.17) is 0 Å². The minimum Gasteiger partial charge on any atom is -0.389 e. The molecule has 0 aliphatic heterocycles. The molecule has 0 aliphatic rings. The van der Waals surface area contributed by atoms with Gasteiger partial charge in [0, 0.05) is 18.1 Å². The summed E-state index contributed by atoms with van der Waals surface area (Å²) in [5.74, 6) is -0.270. The van der Waals surface area contributed by atoms with E-state index in [1.807, 2.05) is 54.1 Å². The Kier molecular flexibility index (Phi) is 5.99. The summed E-state index contributed by atoms with van der Waals surface area (Å²) < 4.78 is 16.3. The van der Waals surface area contributed by atoms with Crippen LogP contribution in [0.5, 0.6) is 0 Å². The first kappa shape index (κ1) is 18.5. The second-order valence-corrected chi connectivity index (χ2v) is 5.84. The van der Waals surface area contributed by atoms with Gasteiger partial charge in [-0.05, 0) is 31.2 Å². The second kappa shape index (κ2) is 7.79. The van der Waals surface area contributed by atoms with Gasteiger partial charge in [0.05, 0.1) is 17.7 Å². The van der Waals surface area contributed by atoms with Crippen LogP contribution in [-0.4, -0.2) is 29.4 Å². The highest BCUT2D eigenvalue weighted by molar-refractivity contribution is 5.85. The van der Waals surface area contributed by atoms with Crippen molar-refractivity contribution in [3.63, 3.8) is 0 Å². The summed E-state index contributed by atoms with van der Waals surface area (Å²) in [6.07, 6.45) is 1.25. The minimum atomic E-state index is -0.669. The number of aliphatic hydroxyl groups excluding tert-OH is 1. The van der Waals surface area contributed by atoms with Gasteiger partial charge in [-0.15, -0.1) is 12.4 Å². The summed E-state index contributed by atoms with van der Waals surface area (Å²) in [4.78, 5) is 0. The van der Waals surface area contributed by atoms with E-state index in [2.05, 4.69) is 5.32 Å². The lowest BCUT2D eigenvalue weighted by Crippen LogP contribution is -2.33. The zero-order valence-corrected chi connectivity index (χ0v) is 14.6. The Labute approximate surface area is 147 Å². The Hall–Kier alpha value is -1.88. The third-order valence-electron chi connectivity index (χ3n) is 4.22. The van der Waals surface area contributed by atoms with Crippen LogP contribution in [0.2, 0.25) is 0 Å². The number of hydrogen-bond donors (Lipinski definition) is 2. The van der Waals surface area contributed by atoms with Crippen molar-refractivity contribution >= 4 is 23.3 Å². The molecule has 1 heterocycles. The number of aromatic nitrogens is 1. The predicted octanol–water partition coefficient (Wildman–Crippen LogP) is 3.68. The van der Waals surface area contributed by atoms with Gasteiger partial charge in [-0.2, -0.15) is 0 Å². The molecule has 5 heteroatoms. The summed E-state index contributed by atoms with van der Waals surface area (Å²) >= 11 is 0. The summed E-state index contributed by atoms with van der Waals surface area (Å²) in [6, 6.07) is 14.5. The van der Waals surface area contributed by atoms with E-state index in [0.717, 1.165) is 16.5 Å². The van der Waals surface area contributed by atoms with Crippen molar-refractivity contribution in [1.82, 2.24) is 9.88 Å². The third kappa shape index (κ3) is 3.31. The van der Waals surface area contributed by atoms with Crippen LogP contribution in [0.3, 0.4) is 0 Å². The lowest BCUT2D eigenvalue weighted by atomic mass is 10.0. The van der Waals surface area contributed by atoms with Crippen molar-refractivity contribution in [2.24, 2.45) is 0 Å². The number of aryl methyl sites for hydroxylation is 1. The van der Waals surface area contributed by atoms with Crippen LogP contribution in [-0.2, 0) is 0 Å². The van der Waals surface area contributed by atoms with E-state index in [1.54, 1.807) is 13.1 Å². The molecule has 0 radical (unpaired) electrons. The molecule has 3 rings (SSSR count). The number of benzene rings is 2. The van der Waals surface area contributed by atoms with Crippen LogP contribution in [0.15, 0.2) is 54.7 Å². The molecule has 1 aromatic heterocycles. The highest BCUT2D eigenvalue weighted by atomic mass is 35.5. The average Bonchev–Trinajstić information content (AvgIpc) is 2.87. The van der Waals surface area contributed by atoms with Crippen molar-refractivity contribution in [1.29, 1.82) is 0 Å². The predicted molar refractivity (Wildman–Crippen MR) is 98.4 cm³/mol. The highest BCUT2D eigenvalue weighted by Gasteiger charge is 2.25. The highest BCUT2D eigenvalue weighted by Crippen LogP contribution is 2.31. The molecule has 0 bridgehead atoms. The van der Waals surface area contributed by atoms with Gasteiger partial charge < -0.3 is 15.0 Å². The molecule has 24 heavy (non-hydrogen) atoms. The van der Waals surface area contributed by atoms with Gasteiger partial charge in [0.15, 0.2) is 0 Å². The molecule has 3 aromatic rings. The third-order valence-corrected chi connectivity index (χ3v) is 4.22. The molecule has 0 amide bonds. The fourth-order valence-electron chi connectivity index (χ4n) is 3.20. The lowest BCUT2D eigenvalue weighted by molar-refractivity contribution is 0.132. The van der Waals surface area contributed by atoms with Crippen molar-refractivity contribution < 1.29 is 9.50 Å². The number of halogens is 2. The number of likely N-dealkylation sites (N-methyl/N-ethyl adjacent to an activating group) is 1. The summed E-state index contributed by atoms with van der Waals surface area (Å²) in [5.41, 5.74) is 2.49. The average molecular weight is 349 g/mol. The Morgan fingerprint density at radius 1 is 1.12 bits per heavy atom. The van der Waals surface area contributed by atoms with Gasteiger partial charge in [-0.25, -0.2) is 4.39 Å². The van der Waals surface area contributed by atoms with E-state index >= 15 is 0 Å². The van der Waals surface area contributed by atoms with Crippen LogP contribution >= 0.6 is 12.4 Å². The zero-order chi connectivity index (χ0) is 16.4. The molecule has 3 nitrogen and oxygen atoms in total. The van der Waals surface area contributed by atoms with Gasteiger partial charge in [0.2, 0.25) is 0 Å². The minimum absolute atomic E-state index is 0. The molecular weight excluding hydrogens is 327 g/mol. The topological polar surface area (TPSA) is 37.2 Å². The Morgan fingerprint density at radius 3 is 2.50 bits per heavy atom. The number of para-hydroxylation sites is 1. The van der Waals surface area contributed by atoms with Crippen LogP contribution in [0.1, 0.15) is 17.2 Å². The van der Waals surface area contributed by atoms with Gasteiger partial charge in [-0.3, -0.25) is 0 Å². The van der Waals surface area contributed by atoms with Crippen LogP contribution in [0.4, 0.5) is 4.39 Å². The fraction of sp³-hybridized carbons (Fsp3) is 0.263. The second-order valence-electron chi connectivity index (χ2n) is 5.84. The van der Waals surface area contributed by atoms with Crippen LogP contribution in [0, 0.1) is 12.7 Å². The van der Waals surface area contributed by atoms with E-state index in [1.165, 1.54) is 6.07 Å². The SMILES string of the molecule is CNC[C@@H](O)[C@H](c1ccccc1)n1cc(C)c2cccc(F)c21.Cl. The van der Waals surface area contributed by atoms with E-state index in [0.29, 0.717) is 12.1 Å². The molecular formula is C19H22ClFN2O. The molecule has 0 unspecified atom stereocenters. The van der Waals surface area contributed by atoms with Crippen molar-refractivity contribution in [3.05, 3.63) is 71.7 Å². The van der Waals surface area contributed by atoms with E-state index in [-0.39, 0.29) is 24.3 Å². The number of fused-ring (bicyclic) bond motifs is 1. The maximum atomic E-state index is 14.5. The van der Waals surface area contributed by atoms with E-state index in [9.17, 15) is 9.50 Å². The normalized spacial score (nSPS) is 13.5. The smallest absolute Gasteiger partial charge is 0.147 e. The molecule has 0 saturated heterocycles. The molecule has 2 N–H and O–H groups in total. The first-order chi connectivity index (χ1) is 11.1. The number of hydrogen-bond acceptors (Lipinski definition) is 2. The van der Waals surface area contributed by atoms with Crippen LogP contribution < -0.4 is 5.32 Å². The fourth-order valence-corrected chi connectivity index (χ4v) is 3.20. The van der Waals surface area contributed by atoms with Gasteiger partial charge in [-0.1, -0.05) is 42.5 Å². The monoisotopic (exact) mass is 348 g/mol.